The number of amides is 4. The number of imide groups is 1. The quantitative estimate of drug-likeness (QED) is 0.547. The van der Waals surface area contributed by atoms with E-state index in [0.717, 1.165) is 44.9 Å². The second-order valence-electron chi connectivity index (χ2n) is 9.55. The van der Waals surface area contributed by atoms with Crippen molar-refractivity contribution in [2.45, 2.75) is 25.5 Å². The first kappa shape index (κ1) is 24.1. The number of halogens is 1. The van der Waals surface area contributed by atoms with Gasteiger partial charge in [0.25, 0.3) is 5.91 Å². The van der Waals surface area contributed by atoms with E-state index >= 15 is 0 Å². The summed E-state index contributed by atoms with van der Waals surface area (Å²) in [5, 5.41) is 3.84. The van der Waals surface area contributed by atoms with Crippen molar-refractivity contribution in [3.8, 4) is 16.9 Å². The smallest absolute Gasteiger partial charge is 0.326 e. The maximum Gasteiger partial charge on any atom is 0.326 e. The molecule has 0 aliphatic carbocycles. The topological polar surface area (TPSA) is 95.1 Å². The van der Waals surface area contributed by atoms with Crippen LogP contribution >= 0.6 is 22.9 Å². The van der Waals surface area contributed by atoms with Gasteiger partial charge < -0.3 is 19.9 Å². The van der Waals surface area contributed by atoms with E-state index in [1.165, 1.54) is 16.2 Å². The Morgan fingerprint density at radius 3 is 2.81 bits per heavy atom. The molecule has 0 saturated carbocycles. The normalized spacial score (nSPS) is 19.9. The van der Waals surface area contributed by atoms with Crippen LogP contribution in [0.5, 0.6) is 5.75 Å². The minimum atomic E-state index is -0.574. The molecule has 0 bridgehead atoms. The predicted molar refractivity (Wildman–Crippen MR) is 141 cm³/mol. The van der Waals surface area contributed by atoms with Crippen molar-refractivity contribution in [2.24, 2.45) is 0 Å². The Labute approximate surface area is 222 Å². The van der Waals surface area contributed by atoms with E-state index in [0.29, 0.717) is 43.2 Å². The number of hydrogen-bond acceptors (Lipinski definition) is 7. The van der Waals surface area contributed by atoms with Gasteiger partial charge in [-0.2, -0.15) is 0 Å². The molecule has 6 rings (SSSR count). The lowest BCUT2D eigenvalue weighted by atomic mass is 10.0. The highest BCUT2D eigenvalue weighted by molar-refractivity contribution is 7.19. The summed E-state index contributed by atoms with van der Waals surface area (Å²) in [6, 6.07) is 7.27. The van der Waals surface area contributed by atoms with Gasteiger partial charge in [0, 0.05) is 85.4 Å². The van der Waals surface area contributed by atoms with Gasteiger partial charge in [-0.1, -0.05) is 11.6 Å². The van der Waals surface area contributed by atoms with Crippen LogP contribution in [-0.4, -0.2) is 83.4 Å². The molecule has 9 nitrogen and oxygen atoms in total. The number of pyridine rings is 1. The van der Waals surface area contributed by atoms with Crippen molar-refractivity contribution in [3.05, 3.63) is 45.9 Å². The van der Waals surface area contributed by atoms with E-state index in [9.17, 15) is 14.4 Å². The molecule has 192 valence electrons. The Hall–Kier alpha value is -3.21. The van der Waals surface area contributed by atoms with Crippen LogP contribution < -0.4 is 10.1 Å². The Kier molecular flexibility index (Phi) is 6.26. The number of piperazine rings is 1. The van der Waals surface area contributed by atoms with Gasteiger partial charge in [-0.3, -0.25) is 19.5 Å². The van der Waals surface area contributed by atoms with Crippen LogP contribution in [0.25, 0.3) is 21.3 Å². The summed E-state index contributed by atoms with van der Waals surface area (Å²) in [5.74, 6) is 0.497. The van der Waals surface area contributed by atoms with E-state index in [1.807, 2.05) is 29.2 Å². The zero-order chi connectivity index (χ0) is 25.7. The van der Waals surface area contributed by atoms with Crippen molar-refractivity contribution >= 4 is 51.0 Å². The average Bonchev–Trinajstić information content (AvgIpc) is 3.52. The van der Waals surface area contributed by atoms with E-state index in [-0.39, 0.29) is 24.4 Å². The Morgan fingerprint density at radius 1 is 1.19 bits per heavy atom. The number of nitrogens with zero attached hydrogens (tertiary/aromatic N) is 4. The number of ether oxygens (including phenoxy) is 1. The van der Waals surface area contributed by atoms with Crippen molar-refractivity contribution in [1.29, 1.82) is 0 Å². The molecular formula is C26H26ClN5O4S. The van der Waals surface area contributed by atoms with E-state index in [4.69, 9.17) is 16.3 Å². The van der Waals surface area contributed by atoms with Crippen LogP contribution in [0.3, 0.4) is 0 Å². The largest absolute Gasteiger partial charge is 0.479 e. The number of nitrogens with one attached hydrogen (secondary N) is 1. The molecule has 3 aromatic rings. The first-order valence-corrected chi connectivity index (χ1v) is 13.5. The zero-order valence-corrected chi connectivity index (χ0v) is 21.9. The fourth-order valence-electron chi connectivity index (χ4n) is 5.15. The SMILES string of the molecule is CN1CCC(=O)N(Cc2cc3nccc(-c4cc(Cl)cc5c4O[C@@H](C(=O)N4CCNCC4)C5)c3s2)C1=O. The predicted octanol–water partition coefficient (Wildman–Crippen LogP) is 3.14. The highest BCUT2D eigenvalue weighted by Gasteiger charge is 2.35. The Morgan fingerprint density at radius 2 is 2.00 bits per heavy atom. The molecule has 3 aliphatic heterocycles. The van der Waals surface area contributed by atoms with Crippen molar-refractivity contribution in [1.82, 2.24) is 25.0 Å². The number of carbonyl (C=O) groups excluding carboxylic acids is 3. The molecule has 1 aromatic carbocycles. The van der Waals surface area contributed by atoms with Crippen LogP contribution in [0.15, 0.2) is 30.5 Å². The average molecular weight is 540 g/mol. The molecule has 2 saturated heterocycles. The molecule has 11 heteroatoms. The molecule has 1 atom stereocenters. The van der Waals surface area contributed by atoms with Crippen LogP contribution in [0.4, 0.5) is 4.79 Å². The molecular weight excluding hydrogens is 514 g/mol. The third kappa shape index (κ3) is 4.43. The first-order chi connectivity index (χ1) is 17.9. The third-order valence-corrected chi connectivity index (χ3v) is 8.45. The fraction of sp³-hybridized carbons (Fsp3) is 0.385. The van der Waals surface area contributed by atoms with Crippen LogP contribution in [0, 0.1) is 0 Å². The van der Waals surface area contributed by atoms with Crippen molar-refractivity contribution in [3.63, 3.8) is 0 Å². The van der Waals surface area contributed by atoms with Crippen LogP contribution in [0.2, 0.25) is 5.02 Å². The fourth-order valence-corrected chi connectivity index (χ4v) is 6.52. The van der Waals surface area contributed by atoms with Gasteiger partial charge in [-0.05, 0) is 24.3 Å². The Bertz CT molecular complexity index is 1420. The van der Waals surface area contributed by atoms with Gasteiger partial charge in [0.1, 0.15) is 5.75 Å². The third-order valence-electron chi connectivity index (χ3n) is 7.09. The summed E-state index contributed by atoms with van der Waals surface area (Å²) >= 11 is 8.02. The standard InChI is InChI=1S/C26H26ClN5O4S/c1-30-7-3-22(33)32(26(30)35)14-17-13-20-24(37-17)18(2-4-29-20)19-12-16(27)10-15-11-21(36-23(15)19)25(34)31-8-5-28-6-9-31/h2,4,10,12-13,21,28H,3,5-9,11,14H2,1H3/t21-/m1/s1. The molecule has 37 heavy (non-hydrogen) atoms. The lowest BCUT2D eigenvalue weighted by Gasteiger charge is -2.31. The molecule has 0 radical (unpaired) electrons. The van der Waals surface area contributed by atoms with E-state index < -0.39 is 6.10 Å². The zero-order valence-electron chi connectivity index (χ0n) is 20.3. The lowest BCUT2D eigenvalue weighted by Crippen LogP contribution is -2.50. The number of fused-ring (bicyclic) bond motifs is 2. The highest BCUT2D eigenvalue weighted by Crippen LogP contribution is 2.45. The monoisotopic (exact) mass is 539 g/mol. The van der Waals surface area contributed by atoms with Crippen LogP contribution in [-0.2, 0) is 22.6 Å². The maximum atomic E-state index is 13.2. The van der Waals surface area contributed by atoms with Crippen molar-refractivity contribution < 1.29 is 19.1 Å². The number of aromatic nitrogens is 1. The Balaban J connectivity index is 1.33. The van der Waals surface area contributed by atoms with Gasteiger partial charge >= 0.3 is 6.03 Å². The number of thiophene rings is 1. The molecule has 4 amide bonds. The summed E-state index contributed by atoms with van der Waals surface area (Å²) in [4.78, 5) is 48.2. The number of urea groups is 1. The number of carbonyl (C=O) groups is 3. The number of benzene rings is 1. The molecule has 5 heterocycles. The second-order valence-corrected chi connectivity index (χ2v) is 11.1. The summed E-state index contributed by atoms with van der Waals surface area (Å²) in [7, 11) is 1.70. The van der Waals surface area contributed by atoms with Crippen molar-refractivity contribution in [2.75, 3.05) is 39.8 Å². The summed E-state index contributed by atoms with van der Waals surface area (Å²) in [5.41, 5.74) is 3.38. The summed E-state index contributed by atoms with van der Waals surface area (Å²) < 4.78 is 7.20. The molecule has 3 aliphatic rings. The molecule has 0 spiro atoms. The molecule has 1 N–H and O–H groups in total. The lowest BCUT2D eigenvalue weighted by molar-refractivity contribution is -0.138. The second kappa shape index (κ2) is 9.59. The maximum absolute atomic E-state index is 13.2. The number of rotatable bonds is 4. The molecule has 0 unspecified atom stereocenters. The van der Waals surface area contributed by atoms with Crippen LogP contribution in [0.1, 0.15) is 16.9 Å². The van der Waals surface area contributed by atoms with E-state index in [2.05, 4.69) is 10.3 Å². The van der Waals surface area contributed by atoms with E-state index in [1.54, 1.807) is 18.1 Å². The van der Waals surface area contributed by atoms with Gasteiger partial charge in [0.15, 0.2) is 6.10 Å². The van der Waals surface area contributed by atoms with Gasteiger partial charge in [-0.15, -0.1) is 11.3 Å². The molecule has 2 fully saturated rings. The minimum absolute atomic E-state index is 0.00103. The first-order valence-electron chi connectivity index (χ1n) is 12.3. The molecule has 2 aromatic heterocycles. The highest BCUT2D eigenvalue weighted by atomic mass is 35.5. The van der Waals surface area contributed by atoms with Gasteiger partial charge in [0.2, 0.25) is 5.91 Å². The van der Waals surface area contributed by atoms with Gasteiger partial charge in [0.05, 0.1) is 16.8 Å². The number of hydrogen-bond donors (Lipinski definition) is 1. The summed E-state index contributed by atoms with van der Waals surface area (Å²) in [6.07, 6.45) is 1.94. The minimum Gasteiger partial charge on any atom is -0.479 e. The van der Waals surface area contributed by atoms with Gasteiger partial charge in [-0.25, -0.2) is 4.79 Å². The summed E-state index contributed by atoms with van der Waals surface area (Å²) in [6.45, 7) is 3.54.